The van der Waals surface area contributed by atoms with Gasteiger partial charge in [0.1, 0.15) is 0 Å². The highest BCUT2D eigenvalue weighted by molar-refractivity contribution is 9.10. The van der Waals surface area contributed by atoms with E-state index in [4.69, 9.17) is 5.11 Å². The van der Waals surface area contributed by atoms with Crippen LogP contribution in [0.4, 0.5) is 5.69 Å². The number of carboxylic acids is 1. The number of nitrogens with one attached hydrogen (secondary N) is 1. The van der Waals surface area contributed by atoms with E-state index in [-0.39, 0.29) is 0 Å². The van der Waals surface area contributed by atoms with Crippen LogP contribution in [0.3, 0.4) is 0 Å². The summed E-state index contributed by atoms with van der Waals surface area (Å²) in [4.78, 5) is 13.2. The molecule has 104 valence electrons. The molecule has 2 unspecified atom stereocenters. The summed E-state index contributed by atoms with van der Waals surface area (Å²) in [6, 6.07) is 5.54. The molecule has 0 spiro atoms. The fourth-order valence-corrected chi connectivity index (χ4v) is 3.03. The van der Waals surface area contributed by atoms with Gasteiger partial charge in [-0.15, -0.1) is 0 Å². The maximum absolute atomic E-state index is 10.9. The first kappa shape index (κ1) is 14.3. The van der Waals surface area contributed by atoms with Gasteiger partial charge in [-0.1, -0.05) is 6.92 Å². The second-order valence-corrected chi connectivity index (χ2v) is 6.13. The van der Waals surface area contributed by atoms with Crippen molar-refractivity contribution < 1.29 is 9.90 Å². The average molecular weight is 327 g/mol. The molecule has 1 aliphatic rings. The number of halogens is 1. The number of likely N-dealkylation sites (tertiary alicyclic amines) is 1. The van der Waals surface area contributed by atoms with Crippen molar-refractivity contribution in [1.29, 1.82) is 0 Å². The first-order valence-corrected chi connectivity index (χ1v) is 7.24. The first-order chi connectivity index (χ1) is 8.97. The highest BCUT2D eigenvalue weighted by atomic mass is 79.9. The smallest absolute Gasteiger partial charge is 0.335 e. The van der Waals surface area contributed by atoms with E-state index in [1.807, 2.05) is 6.07 Å². The van der Waals surface area contributed by atoms with Crippen LogP contribution < -0.4 is 5.32 Å². The van der Waals surface area contributed by atoms with Crippen molar-refractivity contribution in [3.63, 3.8) is 0 Å². The van der Waals surface area contributed by atoms with Crippen LogP contribution in [0.1, 0.15) is 23.7 Å². The lowest BCUT2D eigenvalue weighted by Gasteiger charge is -2.36. The Labute approximate surface area is 121 Å². The van der Waals surface area contributed by atoms with Crippen LogP contribution in [-0.4, -0.2) is 42.2 Å². The molecule has 0 saturated carbocycles. The molecule has 1 saturated heterocycles. The van der Waals surface area contributed by atoms with E-state index in [9.17, 15) is 4.79 Å². The summed E-state index contributed by atoms with van der Waals surface area (Å²) in [5.41, 5.74) is 1.26. The number of carbonyl (C=O) groups is 1. The molecular weight excluding hydrogens is 308 g/mol. The van der Waals surface area contributed by atoms with Crippen LogP contribution >= 0.6 is 15.9 Å². The van der Waals surface area contributed by atoms with Gasteiger partial charge in [-0.25, -0.2) is 4.79 Å². The zero-order chi connectivity index (χ0) is 14.0. The Morgan fingerprint density at radius 1 is 1.53 bits per heavy atom. The lowest BCUT2D eigenvalue weighted by molar-refractivity contribution is 0.0697. The van der Waals surface area contributed by atoms with Gasteiger partial charge in [-0.2, -0.15) is 0 Å². The predicted octanol–water partition coefficient (Wildman–Crippen LogP) is 2.90. The molecule has 2 atom stereocenters. The Bertz CT molecular complexity index is 479. The second kappa shape index (κ2) is 5.92. The number of nitrogens with zero attached hydrogens (tertiary/aromatic N) is 1. The summed E-state index contributed by atoms with van der Waals surface area (Å²) in [7, 11) is 2.14. The number of aromatic carboxylic acids is 1. The third-order valence-electron chi connectivity index (χ3n) is 3.67. The first-order valence-electron chi connectivity index (χ1n) is 6.45. The molecule has 2 rings (SSSR count). The molecule has 0 aromatic heterocycles. The third-order valence-corrected chi connectivity index (χ3v) is 4.32. The number of rotatable bonds is 3. The molecule has 0 amide bonds. The third kappa shape index (κ3) is 3.48. The van der Waals surface area contributed by atoms with Gasteiger partial charge in [0.2, 0.25) is 0 Å². The molecule has 1 aliphatic heterocycles. The summed E-state index contributed by atoms with van der Waals surface area (Å²) >= 11 is 3.44. The standard InChI is InChI=1S/C14H19BrN2O2/c1-9-8-17(2)6-5-12(9)16-13-4-3-10(14(18)19)7-11(13)15/h3-4,7,9,12,16H,5-6,8H2,1-2H3,(H,18,19). The van der Waals surface area contributed by atoms with Crippen LogP contribution in [0.15, 0.2) is 22.7 Å². The number of anilines is 1. The van der Waals surface area contributed by atoms with Gasteiger partial charge in [0.15, 0.2) is 0 Å². The van der Waals surface area contributed by atoms with E-state index in [2.05, 4.69) is 40.1 Å². The van der Waals surface area contributed by atoms with Crippen molar-refractivity contribution >= 4 is 27.6 Å². The number of carboxylic acid groups (broad SMARTS) is 1. The molecule has 1 heterocycles. The molecule has 19 heavy (non-hydrogen) atoms. The minimum absolute atomic E-state index is 0.300. The van der Waals surface area contributed by atoms with Crippen molar-refractivity contribution in [2.75, 3.05) is 25.5 Å². The maximum atomic E-state index is 10.9. The zero-order valence-electron chi connectivity index (χ0n) is 11.2. The number of hydrogen-bond donors (Lipinski definition) is 2. The van der Waals surface area contributed by atoms with Crippen molar-refractivity contribution in [2.45, 2.75) is 19.4 Å². The minimum Gasteiger partial charge on any atom is -0.478 e. The molecule has 1 aromatic carbocycles. The fourth-order valence-electron chi connectivity index (χ4n) is 2.53. The normalized spacial score (nSPS) is 24.2. The summed E-state index contributed by atoms with van der Waals surface area (Å²) in [5.74, 6) is -0.329. The monoisotopic (exact) mass is 326 g/mol. The van der Waals surface area contributed by atoms with Crippen LogP contribution in [-0.2, 0) is 0 Å². The molecule has 5 heteroatoms. The van der Waals surface area contributed by atoms with E-state index in [1.165, 1.54) is 0 Å². The summed E-state index contributed by atoms with van der Waals surface area (Å²) in [5, 5.41) is 12.5. The van der Waals surface area contributed by atoms with E-state index in [1.54, 1.807) is 12.1 Å². The summed E-state index contributed by atoms with van der Waals surface area (Å²) < 4.78 is 0.804. The molecular formula is C14H19BrN2O2. The summed E-state index contributed by atoms with van der Waals surface area (Å²) in [6.45, 7) is 4.42. The van der Waals surface area contributed by atoms with Gasteiger partial charge in [0.05, 0.1) is 5.56 Å². The lowest BCUT2D eigenvalue weighted by atomic mass is 9.94. The molecule has 1 aromatic rings. The van der Waals surface area contributed by atoms with Crippen LogP contribution in [0, 0.1) is 5.92 Å². The average Bonchev–Trinajstić information content (AvgIpc) is 2.34. The van der Waals surface area contributed by atoms with Crippen LogP contribution in [0.25, 0.3) is 0 Å². The Kier molecular flexibility index (Phi) is 4.47. The largest absolute Gasteiger partial charge is 0.478 e. The number of hydrogen-bond acceptors (Lipinski definition) is 3. The topological polar surface area (TPSA) is 52.6 Å². The van der Waals surface area contributed by atoms with Crippen LogP contribution in [0.5, 0.6) is 0 Å². The minimum atomic E-state index is -0.903. The van der Waals surface area contributed by atoms with Gasteiger partial charge >= 0.3 is 5.97 Å². The van der Waals surface area contributed by atoms with Crippen molar-refractivity contribution in [1.82, 2.24) is 4.90 Å². The quantitative estimate of drug-likeness (QED) is 0.896. The highest BCUT2D eigenvalue weighted by Crippen LogP contribution is 2.27. The Hall–Kier alpha value is -1.07. The molecule has 0 bridgehead atoms. The number of benzene rings is 1. The van der Waals surface area contributed by atoms with Gasteiger partial charge in [0, 0.05) is 22.7 Å². The van der Waals surface area contributed by atoms with Crippen molar-refractivity contribution in [3.05, 3.63) is 28.2 Å². The second-order valence-electron chi connectivity index (χ2n) is 5.28. The Morgan fingerprint density at radius 2 is 2.26 bits per heavy atom. The lowest BCUT2D eigenvalue weighted by Crippen LogP contribution is -2.43. The SMILES string of the molecule is CC1CN(C)CCC1Nc1ccc(C(=O)O)cc1Br. The Balaban J connectivity index is 2.09. The molecule has 0 aliphatic carbocycles. The van der Waals surface area contributed by atoms with Gasteiger partial charge in [-0.3, -0.25) is 0 Å². The molecule has 0 radical (unpaired) electrons. The molecule has 1 fully saturated rings. The van der Waals surface area contributed by atoms with Crippen molar-refractivity contribution in [3.8, 4) is 0 Å². The van der Waals surface area contributed by atoms with E-state index in [0.717, 1.165) is 29.7 Å². The van der Waals surface area contributed by atoms with Crippen molar-refractivity contribution in [2.24, 2.45) is 5.92 Å². The number of piperidine rings is 1. The van der Waals surface area contributed by atoms with Crippen LogP contribution in [0.2, 0.25) is 0 Å². The van der Waals surface area contributed by atoms with Gasteiger partial charge in [0.25, 0.3) is 0 Å². The maximum Gasteiger partial charge on any atom is 0.335 e. The Morgan fingerprint density at radius 3 is 2.84 bits per heavy atom. The fraction of sp³-hybridized carbons (Fsp3) is 0.500. The van der Waals surface area contributed by atoms with E-state index < -0.39 is 5.97 Å². The summed E-state index contributed by atoms with van der Waals surface area (Å²) in [6.07, 6.45) is 1.10. The highest BCUT2D eigenvalue weighted by Gasteiger charge is 2.24. The molecule has 2 N–H and O–H groups in total. The zero-order valence-corrected chi connectivity index (χ0v) is 12.8. The molecule has 4 nitrogen and oxygen atoms in total. The van der Waals surface area contributed by atoms with E-state index in [0.29, 0.717) is 17.5 Å². The van der Waals surface area contributed by atoms with Gasteiger partial charge in [-0.05, 0) is 60.1 Å². The van der Waals surface area contributed by atoms with Gasteiger partial charge < -0.3 is 15.3 Å². The predicted molar refractivity (Wildman–Crippen MR) is 79.8 cm³/mol. The van der Waals surface area contributed by atoms with E-state index >= 15 is 0 Å².